The van der Waals surface area contributed by atoms with Crippen molar-refractivity contribution in [3.05, 3.63) is 51.7 Å². The molecule has 0 aliphatic rings. The highest BCUT2D eigenvalue weighted by Crippen LogP contribution is 2.31. The third kappa shape index (κ3) is 5.71. The fourth-order valence-corrected chi connectivity index (χ4v) is 2.56. The van der Waals surface area contributed by atoms with Gasteiger partial charge in [0.2, 0.25) is 0 Å². The second kappa shape index (κ2) is 9.54. The van der Waals surface area contributed by atoms with Crippen LogP contribution in [-0.4, -0.2) is 19.0 Å². The average molecular weight is 446 g/mol. The topological polar surface area (TPSA) is 61.8 Å². The summed E-state index contributed by atoms with van der Waals surface area (Å²) < 4.78 is 29.6. The first-order valence-corrected chi connectivity index (χ1v) is 8.76. The molecule has 8 heteroatoms. The van der Waals surface area contributed by atoms with Gasteiger partial charge in [0.05, 0.1) is 12.1 Å². The molecule has 0 heterocycles. The van der Waals surface area contributed by atoms with E-state index >= 15 is 0 Å². The van der Waals surface area contributed by atoms with E-state index in [0.29, 0.717) is 5.75 Å². The lowest BCUT2D eigenvalue weighted by Gasteiger charge is -2.09. The van der Waals surface area contributed by atoms with Crippen LogP contribution in [0, 0.1) is 5.82 Å². The van der Waals surface area contributed by atoms with Crippen LogP contribution in [0.15, 0.2) is 40.9 Å². The van der Waals surface area contributed by atoms with Gasteiger partial charge in [-0.15, -0.1) is 0 Å². The van der Waals surface area contributed by atoms with E-state index in [0.717, 1.165) is 10.5 Å². The van der Waals surface area contributed by atoms with Crippen LogP contribution in [0.3, 0.4) is 0 Å². The van der Waals surface area contributed by atoms with E-state index in [2.05, 4.69) is 15.9 Å². The molecule has 26 heavy (non-hydrogen) atoms. The van der Waals surface area contributed by atoms with E-state index in [9.17, 15) is 14.0 Å². The molecule has 0 saturated heterocycles. The molecule has 2 rings (SSSR count). The zero-order valence-electron chi connectivity index (χ0n) is 13.8. The van der Waals surface area contributed by atoms with Crippen LogP contribution in [0.1, 0.15) is 19.3 Å². The molecule has 2 aromatic carbocycles. The molecule has 0 aliphatic carbocycles. The molecule has 0 atom stereocenters. The standard InChI is InChI=1S/C18H15BrClFO5/c1-24-15-10-11(19)8-9-14(15)25-16(22)6-3-7-17(23)26-18-12(20)4-2-5-13(18)21/h2,4-5,8-10H,3,6-7H2,1H3. The minimum absolute atomic E-state index is 0.0000862. The van der Waals surface area contributed by atoms with E-state index in [4.69, 9.17) is 25.8 Å². The Hall–Kier alpha value is -2.12. The van der Waals surface area contributed by atoms with Crippen molar-refractivity contribution in [2.24, 2.45) is 0 Å². The first-order chi connectivity index (χ1) is 12.4. The predicted molar refractivity (Wildman–Crippen MR) is 97.2 cm³/mol. The van der Waals surface area contributed by atoms with Crippen LogP contribution in [0.5, 0.6) is 17.2 Å². The lowest BCUT2D eigenvalue weighted by molar-refractivity contribution is -0.136. The van der Waals surface area contributed by atoms with Gasteiger partial charge in [-0.3, -0.25) is 9.59 Å². The highest BCUT2D eigenvalue weighted by Gasteiger charge is 2.15. The van der Waals surface area contributed by atoms with Crippen molar-refractivity contribution in [3.8, 4) is 17.2 Å². The largest absolute Gasteiger partial charge is 0.493 e. The highest BCUT2D eigenvalue weighted by molar-refractivity contribution is 9.10. The molecule has 0 aromatic heterocycles. The molecule has 0 N–H and O–H groups in total. The van der Waals surface area contributed by atoms with Crippen molar-refractivity contribution >= 4 is 39.5 Å². The van der Waals surface area contributed by atoms with Crippen molar-refractivity contribution in [2.75, 3.05) is 7.11 Å². The quantitative estimate of drug-likeness (QED) is 0.447. The Morgan fingerprint density at radius 2 is 1.77 bits per heavy atom. The zero-order chi connectivity index (χ0) is 19.1. The van der Waals surface area contributed by atoms with E-state index in [-0.39, 0.29) is 35.8 Å². The highest BCUT2D eigenvalue weighted by atomic mass is 79.9. The lowest BCUT2D eigenvalue weighted by Crippen LogP contribution is -2.12. The molecule has 0 fully saturated rings. The number of hydrogen-bond donors (Lipinski definition) is 0. The Morgan fingerprint density at radius 3 is 2.42 bits per heavy atom. The second-order valence-electron chi connectivity index (χ2n) is 5.15. The number of halogens is 3. The Kier molecular flexibility index (Phi) is 7.41. The van der Waals surface area contributed by atoms with Gasteiger partial charge < -0.3 is 14.2 Å². The van der Waals surface area contributed by atoms with Gasteiger partial charge in [0.15, 0.2) is 23.1 Å². The number of carbonyl (C=O) groups is 2. The molecule has 0 bridgehead atoms. The van der Waals surface area contributed by atoms with Crippen molar-refractivity contribution < 1.29 is 28.2 Å². The second-order valence-corrected chi connectivity index (χ2v) is 6.47. The fraction of sp³-hybridized carbons (Fsp3) is 0.222. The molecule has 0 saturated carbocycles. The van der Waals surface area contributed by atoms with Crippen LogP contribution >= 0.6 is 27.5 Å². The third-order valence-electron chi connectivity index (χ3n) is 3.25. The van der Waals surface area contributed by atoms with Gasteiger partial charge in [-0.2, -0.15) is 0 Å². The monoisotopic (exact) mass is 444 g/mol. The number of hydrogen-bond acceptors (Lipinski definition) is 5. The van der Waals surface area contributed by atoms with Gasteiger partial charge in [-0.25, -0.2) is 4.39 Å². The summed E-state index contributed by atoms with van der Waals surface area (Å²) in [6, 6.07) is 8.92. The summed E-state index contributed by atoms with van der Waals surface area (Å²) in [5.41, 5.74) is 0. The van der Waals surface area contributed by atoms with E-state index in [1.807, 2.05) is 0 Å². The number of benzene rings is 2. The molecular formula is C18H15BrClFO5. The number of carbonyl (C=O) groups excluding carboxylic acids is 2. The summed E-state index contributed by atoms with van der Waals surface area (Å²) in [6.07, 6.45) is 0.0825. The summed E-state index contributed by atoms with van der Waals surface area (Å²) in [5.74, 6) is -1.58. The molecule has 0 radical (unpaired) electrons. The van der Waals surface area contributed by atoms with Gasteiger partial charge in [0, 0.05) is 17.3 Å². The van der Waals surface area contributed by atoms with Gasteiger partial charge in [0.1, 0.15) is 0 Å². The summed E-state index contributed by atoms with van der Waals surface area (Å²) in [6.45, 7) is 0. The maximum atomic E-state index is 13.6. The first-order valence-electron chi connectivity index (χ1n) is 7.59. The molecule has 2 aromatic rings. The van der Waals surface area contributed by atoms with Crippen LogP contribution < -0.4 is 14.2 Å². The number of methoxy groups -OCH3 is 1. The molecule has 0 spiro atoms. The first kappa shape index (κ1) is 20.2. The van der Waals surface area contributed by atoms with Crippen molar-refractivity contribution in [3.63, 3.8) is 0 Å². The Labute approximate surface area is 163 Å². The van der Waals surface area contributed by atoms with Crippen molar-refractivity contribution in [1.82, 2.24) is 0 Å². The number of rotatable bonds is 7. The fourth-order valence-electron chi connectivity index (χ4n) is 2.02. The molecular weight excluding hydrogens is 431 g/mol. The number of para-hydroxylation sites is 1. The number of esters is 2. The lowest BCUT2D eigenvalue weighted by atomic mass is 10.2. The normalized spacial score (nSPS) is 10.3. The van der Waals surface area contributed by atoms with Crippen LogP contribution in [-0.2, 0) is 9.59 Å². The van der Waals surface area contributed by atoms with Gasteiger partial charge in [-0.05, 0) is 36.8 Å². The smallest absolute Gasteiger partial charge is 0.311 e. The minimum Gasteiger partial charge on any atom is -0.493 e. The van der Waals surface area contributed by atoms with Gasteiger partial charge >= 0.3 is 11.9 Å². The third-order valence-corrected chi connectivity index (χ3v) is 4.04. The molecule has 0 amide bonds. The maximum Gasteiger partial charge on any atom is 0.311 e. The average Bonchev–Trinajstić information content (AvgIpc) is 2.60. The minimum atomic E-state index is -0.729. The summed E-state index contributed by atoms with van der Waals surface area (Å²) in [5, 5.41) is 0.0000862. The molecule has 5 nitrogen and oxygen atoms in total. The molecule has 0 aliphatic heterocycles. The van der Waals surface area contributed by atoms with Crippen molar-refractivity contribution in [2.45, 2.75) is 19.3 Å². The van der Waals surface area contributed by atoms with E-state index in [1.54, 1.807) is 18.2 Å². The van der Waals surface area contributed by atoms with Crippen LogP contribution in [0.2, 0.25) is 5.02 Å². The predicted octanol–water partition coefficient (Wildman–Crippen LogP) is 4.93. The van der Waals surface area contributed by atoms with Gasteiger partial charge in [-0.1, -0.05) is 33.6 Å². The SMILES string of the molecule is COc1cc(Br)ccc1OC(=O)CCCC(=O)Oc1c(F)cccc1Cl. The molecule has 0 unspecified atom stereocenters. The Bertz CT molecular complexity index is 792. The van der Waals surface area contributed by atoms with Crippen LogP contribution in [0.25, 0.3) is 0 Å². The summed E-state index contributed by atoms with van der Waals surface area (Å²) >= 11 is 9.07. The van der Waals surface area contributed by atoms with Crippen molar-refractivity contribution in [1.29, 1.82) is 0 Å². The summed E-state index contributed by atoms with van der Waals surface area (Å²) in [7, 11) is 1.46. The Morgan fingerprint density at radius 1 is 1.08 bits per heavy atom. The maximum absolute atomic E-state index is 13.6. The molecule has 138 valence electrons. The Balaban J connectivity index is 1.82. The zero-order valence-corrected chi connectivity index (χ0v) is 16.1. The van der Waals surface area contributed by atoms with Gasteiger partial charge in [0.25, 0.3) is 0 Å². The van der Waals surface area contributed by atoms with E-state index in [1.165, 1.54) is 19.2 Å². The number of ether oxygens (including phenoxy) is 3. The van der Waals surface area contributed by atoms with E-state index < -0.39 is 17.8 Å². The van der Waals surface area contributed by atoms with Crippen LogP contribution in [0.4, 0.5) is 4.39 Å². The summed E-state index contributed by atoms with van der Waals surface area (Å²) in [4.78, 5) is 23.7.